The Morgan fingerprint density at radius 1 is 1.12 bits per heavy atom. The molecule has 0 saturated carbocycles. The monoisotopic (exact) mass is 517 g/mol. The van der Waals surface area contributed by atoms with Crippen molar-refractivity contribution in [3.05, 3.63) is 74.3 Å². The standard InChI is InChI=1S/C23H20BrNO6S/c1-4-31-23(28)19-20(26)18(11-14-10-15(24)17(30-3)12-16(14)29-2)32-22(19)25-21(27)13-8-6-5-7-9-13/h5-12,26H,4H2,1-3H3/b18-11-,25-22?. The normalized spacial score (nSPS) is 15.9. The molecular weight excluding hydrogens is 498 g/mol. The van der Waals surface area contributed by atoms with E-state index in [0.29, 0.717) is 32.0 Å². The van der Waals surface area contributed by atoms with Crippen LogP contribution in [0.1, 0.15) is 22.8 Å². The van der Waals surface area contributed by atoms with Crippen LogP contribution in [-0.2, 0) is 9.53 Å². The summed E-state index contributed by atoms with van der Waals surface area (Å²) in [4.78, 5) is 29.5. The number of thioether (sulfide) groups is 1. The Hall–Kier alpha value is -3.04. The lowest BCUT2D eigenvalue weighted by Crippen LogP contribution is -2.14. The lowest BCUT2D eigenvalue weighted by molar-refractivity contribution is -0.138. The number of methoxy groups -OCH3 is 2. The first-order valence-electron chi connectivity index (χ1n) is 9.49. The first kappa shape index (κ1) is 23.6. The van der Waals surface area contributed by atoms with Gasteiger partial charge in [-0.1, -0.05) is 30.0 Å². The smallest absolute Gasteiger partial charge is 0.344 e. The van der Waals surface area contributed by atoms with Crippen molar-refractivity contribution in [3.8, 4) is 11.5 Å². The highest BCUT2D eigenvalue weighted by Gasteiger charge is 2.34. The minimum Gasteiger partial charge on any atom is -0.506 e. The van der Waals surface area contributed by atoms with Gasteiger partial charge in [0.2, 0.25) is 0 Å². The number of amides is 1. The topological polar surface area (TPSA) is 94.4 Å². The second-order valence-corrected chi connectivity index (χ2v) is 8.26. The molecule has 0 aliphatic carbocycles. The summed E-state index contributed by atoms with van der Waals surface area (Å²) in [5.74, 6) is -0.542. The third-order valence-electron chi connectivity index (χ3n) is 4.38. The van der Waals surface area contributed by atoms with Gasteiger partial charge in [0.15, 0.2) is 0 Å². The Balaban J connectivity index is 2.07. The molecule has 32 heavy (non-hydrogen) atoms. The molecule has 0 fully saturated rings. The van der Waals surface area contributed by atoms with Crippen molar-refractivity contribution in [2.75, 3.05) is 20.8 Å². The van der Waals surface area contributed by atoms with E-state index >= 15 is 0 Å². The van der Waals surface area contributed by atoms with Gasteiger partial charge < -0.3 is 19.3 Å². The predicted molar refractivity (Wildman–Crippen MR) is 127 cm³/mol. The largest absolute Gasteiger partial charge is 0.506 e. The number of ether oxygens (including phenoxy) is 3. The average molecular weight is 518 g/mol. The van der Waals surface area contributed by atoms with Gasteiger partial charge in [-0.25, -0.2) is 9.79 Å². The van der Waals surface area contributed by atoms with E-state index in [0.717, 1.165) is 11.8 Å². The number of aliphatic imine (C=N–C) groups is 1. The van der Waals surface area contributed by atoms with E-state index in [9.17, 15) is 14.7 Å². The van der Waals surface area contributed by atoms with Gasteiger partial charge in [-0.3, -0.25) is 4.79 Å². The molecule has 7 nitrogen and oxygen atoms in total. The summed E-state index contributed by atoms with van der Waals surface area (Å²) in [7, 11) is 3.05. The summed E-state index contributed by atoms with van der Waals surface area (Å²) in [6.07, 6.45) is 1.64. The van der Waals surface area contributed by atoms with Crippen LogP contribution in [0.5, 0.6) is 11.5 Å². The van der Waals surface area contributed by atoms with Crippen LogP contribution in [0.25, 0.3) is 6.08 Å². The van der Waals surface area contributed by atoms with Gasteiger partial charge in [-0.15, -0.1) is 0 Å². The van der Waals surface area contributed by atoms with Crippen LogP contribution in [0.15, 0.2) is 68.2 Å². The molecule has 0 saturated heterocycles. The molecule has 2 aromatic carbocycles. The molecule has 1 N–H and O–H groups in total. The molecule has 1 aliphatic heterocycles. The summed E-state index contributed by atoms with van der Waals surface area (Å²) >= 11 is 4.42. The van der Waals surface area contributed by atoms with E-state index in [1.165, 1.54) is 14.2 Å². The van der Waals surface area contributed by atoms with Gasteiger partial charge in [0.05, 0.1) is 30.2 Å². The Kier molecular flexibility index (Phi) is 7.76. The molecule has 1 aliphatic rings. The maximum atomic E-state index is 12.6. The Morgan fingerprint density at radius 3 is 2.44 bits per heavy atom. The summed E-state index contributed by atoms with van der Waals surface area (Å²) < 4.78 is 16.5. The number of benzene rings is 2. The van der Waals surface area contributed by atoms with E-state index in [1.54, 1.807) is 55.5 Å². The molecule has 0 radical (unpaired) electrons. The quantitative estimate of drug-likeness (QED) is 0.528. The summed E-state index contributed by atoms with van der Waals surface area (Å²) in [5.41, 5.74) is 0.827. The maximum absolute atomic E-state index is 12.6. The number of carbonyl (C=O) groups excluding carboxylic acids is 2. The fourth-order valence-electron chi connectivity index (χ4n) is 2.87. The number of rotatable bonds is 6. The fraction of sp³-hybridized carbons (Fsp3) is 0.174. The van der Waals surface area contributed by atoms with Crippen molar-refractivity contribution in [2.24, 2.45) is 4.99 Å². The number of aliphatic hydroxyl groups excluding tert-OH is 1. The number of esters is 1. The number of halogens is 1. The van der Waals surface area contributed by atoms with Gasteiger partial charge >= 0.3 is 5.97 Å². The number of hydrogen-bond acceptors (Lipinski definition) is 7. The van der Waals surface area contributed by atoms with Crippen LogP contribution in [0.4, 0.5) is 0 Å². The van der Waals surface area contributed by atoms with E-state index in [1.807, 2.05) is 0 Å². The minimum atomic E-state index is -0.761. The fourth-order valence-corrected chi connectivity index (χ4v) is 4.39. The van der Waals surface area contributed by atoms with Gasteiger partial charge in [-0.05, 0) is 47.1 Å². The molecule has 9 heteroatoms. The molecule has 0 bridgehead atoms. The molecule has 0 spiro atoms. The van der Waals surface area contributed by atoms with Crippen LogP contribution in [0, 0.1) is 0 Å². The van der Waals surface area contributed by atoms with Crippen molar-refractivity contribution in [1.82, 2.24) is 0 Å². The van der Waals surface area contributed by atoms with Crippen molar-refractivity contribution < 1.29 is 28.9 Å². The van der Waals surface area contributed by atoms with E-state index < -0.39 is 11.9 Å². The van der Waals surface area contributed by atoms with E-state index in [4.69, 9.17) is 14.2 Å². The molecule has 1 heterocycles. The molecule has 0 atom stereocenters. The lowest BCUT2D eigenvalue weighted by atomic mass is 10.1. The molecule has 166 valence electrons. The van der Waals surface area contributed by atoms with Crippen LogP contribution >= 0.6 is 27.7 Å². The van der Waals surface area contributed by atoms with Crippen molar-refractivity contribution in [1.29, 1.82) is 0 Å². The van der Waals surface area contributed by atoms with Crippen LogP contribution in [0.3, 0.4) is 0 Å². The lowest BCUT2D eigenvalue weighted by Gasteiger charge is -2.10. The van der Waals surface area contributed by atoms with Gasteiger partial charge in [0.1, 0.15) is 27.9 Å². The first-order valence-corrected chi connectivity index (χ1v) is 11.1. The average Bonchev–Trinajstić information content (AvgIpc) is 3.09. The highest BCUT2D eigenvalue weighted by molar-refractivity contribution is 9.10. The zero-order chi connectivity index (χ0) is 23.3. The Labute approximate surface area is 197 Å². The van der Waals surface area contributed by atoms with Gasteiger partial charge in [0.25, 0.3) is 5.91 Å². The molecule has 3 rings (SSSR count). The maximum Gasteiger partial charge on any atom is 0.344 e. The van der Waals surface area contributed by atoms with Crippen molar-refractivity contribution in [2.45, 2.75) is 6.92 Å². The van der Waals surface area contributed by atoms with Crippen molar-refractivity contribution >= 4 is 50.7 Å². The van der Waals surface area contributed by atoms with Crippen molar-refractivity contribution in [3.63, 3.8) is 0 Å². The number of hydrogen-bond donors (Lipinski definition) is 1. The Morgan fingerprint density at radius 2 is 1.81 bits per heavy atom. The highest BCUT2D eigenvalue weighted by atomic mass is 79.9. The minimum absolute atomic E-state index is 0.0626. The second kappa shape index (κ2) is 10.5. The van der Waals surface area contributed by atoms with Crippen LogP contribution in [0.2, 0.25) is 0 Å². The molecule has 0 aromatic heterocycles. The third-order valence-corrected chi connectivity index (χ3v) is 6.02. The van der Waals surface area contributed by atoms with Gasteiger partial charge in [0, 0.05) is 17.2 Å². The highest BCUT2D eigenvalue weighted by Crippen LogP contribution is 2.41. The number of carbonyl (C=O) groups is 2. The summed E-state index contributed by atoms with van der Waals surface area (Å²) in [6.45, 7) is 1.76. The third kappa shape index (κ3) is 5.05. The second-order valence-electron chi connectivity index (χ2n) is 6.37. The first-order chi connectivity index (χ1) is 15.4. The van der Waals surface area contributed by atoms with Crippen LogP contribution in [-0.4, -0.2) is 42.9 Å². The van der Waals surface area contributed by atoms with E-state index in [2.05, 4.69) is 20.9 Å². The molecular formula is C23H20BrNO6S. The molecule has 2 aromatic rings. The SMILES string of the molecule is CCOC(=O)C1=C(O)/C(=C/c2cc(Br)c(OC)cc2OC)SC1=NC(=O)c1ccccc1. The number of aliphatic hydroxyl groups is 1. The van der Waals surface area contributed by atoms with Crippen LogP contribution < -0.4 is 9.47 Å². The van der Waals surface area contributed by atoms with E-state index in [-0.39, 0.29) is 23.0 Å². The summed E-state index contributed by atoms with van der Waals surface area (Å²) in [6, 6.07) is 11.9. The zero-order valence-electron chi connectivity index (χ0n) is 17.5. The van der Waals surface area contributed by atoms with Gasteiger partial charge in [-0.2, -0.15) is 0 Å². The Bertz CT molecular complexity index is 1140. The molecule has 1 amide bonds. The summed E-state index contributed by atoms with van der Waals surface area (Å²) in [5, 5.41) is 10.9. The number of nitrogens with zero attached hydrogens (tertiary/aromatic N) is 1. The predicted octanol–water partition coefficient (Wildman–Crippen LogP) is 5.17. The zero-order valence-corrected chi connectivity index (χ0v) is 20.0. The molecule has 0 unspecified atom stereocenters.